The van der Waals surface area contributed by atoms with Gasteiger partial charge in [0.25, 0.3) is 0 Å². The largest absolute Gasteiger partial charge is 0.465 e. The number of hydrogen-bond acceptors (Lipinski definition) is 4. The van der Waals surface area contributed by atoms with Crippen LogP contribution in [-0.2, 0) is 19.1 Å². The number of unbranched alkanes of at least 4 members (excludes halogenated alkanes) is 2. The number of carbonyl (C=O) groups excluding carboxylic acids is 2. The molecule has 2 bridgehead atoms. The summed E-state index contributed by atoms with van der Waals surface area (Å²) in [6, 6.07) is 0. The third kappa shape index (κ3) is 2.80. The van der Waals surface area contributed by atoms with Crippen LogP contribution in [0, 0.1) is 17.8 Å². The van der Waals surface area contributed by atoms with Gasteiger partial charge < -0.3 is 14.4 Å². The normalized spacial score (nSPS) is 34.5. The Morgan fingerprint density at radius 1 is 1.48 bits per heavy atom. The number of amides is 1. The van der Waals surface area contributed by atoms with Crippen LogP contribution >= 0.6 is 0 Å². The molecule has 5 nitrogen and oxygen atoms in total. The van der Waals surface area contributed by atoms with Crippen LogP contribution in [0.2, 0.25) is 0 Å². The molecule has 1 amide bonds. The standard InChI is InChI=1S/C18H27NO4/c1-4-5-6-9-22-17(21)14-13-7-8-18(23-13)11-19(10-12(2)3)16(20)15(14)18/h7-8,12-15H,4-6,9-11H2,1-3H3/t13-,14+,15-,18+/m0/s1. The molecule has 0 aromatic heterocycles. The highest BCUT2D eigenvalue weighted by molar-refractivity contribution is 5.91. The van der Waals surface area contributed by atoms with Gasteiger partial charge in [0.05, 0.1) is 25.2 Å². The van der Waals surface area contributed by atoms with E-state index in [0.29, 0.717) is 25.6 Å². The summed E-state index contributed by atoms with van der Waals surface area (Å²) in [6.45, 7) is 7.99. The van der Waals surface area contributed by atoms with Crippen molar-refractivity contribution in [2.45, 2.75) is 51.7 Å². The maximum absolute atomic E-state index is 12.8. The zero-order valence-corrected chi connectivity index (χ0v) is 14.3. The smallest absolute Gasteiger partial charge is 0.312 e. The molecule has 0 aromatic carbocycles. The second-order valence-electron chi connectivity index (χ2n) is 7.39. The van der Waals surface area contributed by atoms with Gasteiger partial charge in [-0.25, -0.2) is 0 Å². The number of carbonyl (C=O) groups is 2. The van der Waals surface area contributed by atoms with Gasteiger partial charge in [-0.15, -0.1) is 0 Å². The number of likely N-dealkylation sites (tertiary alicyclic amines) is 1. The van der Waals surface area contributed by atoms with Gasteiger partial charge in [0.15, 0.2) is 0 Å². The lowest BCUT2D eigenvalue weighted by Crippen LogP contribution is -2.40. The zero-order valence-electron chi connectivity index (χ0n) is 14.3. The first-order valence-electron chi connectivity index (χ1n) is 8.81. The molecular weight excluding hydrogens is 294 g/mol. The van der Waals surface area contributed by atoms with Crippen molar-refractivity contribution in [3.8, 4) is 0 Å². The fourth-order valence-corrected chi connectivity index (χ4v) is 4.06. The van der Waals surface area contributed by atoms with E-state index in [1.165, 1.54) is 0 Å². The number of hydrogen-bond donors (Lipinski definition) is 0. The summed E-state index contributed by atoms with van der Waals surface area (Å²) in [5, 5.41) is 0. The van der Waals surface area contributed by atoms with Gasteiger partial charge >= 0.3 is 5.97 Å². The highest BCUT2D eigenvalue weighted by atomic mass is 16.6. The SMILES string of the molecule is CCCCCOC(=O)[C@@H]1[C@@H]2C=C[C@]3(CN(CC(C)C)C(=O)[C@H]13)O2. The Kier molecular flexibility index (Phi) is 4.50. The summed E-state index contributed by atoms with van der Waals surface area (Å²) in [5.74, 6) is -0.723. The molecule has 2 saturated heterocycles. The fourth-order valence-electron chi connectivity index (χ4n) is 4.06. The van der Waals surface area contributed by atoms with Gasteiger partial charge in [0.1, 0.15) is 11.5 Å². The molecule has 0 N–H and O–H groups in total. The molecule has 0 aromatic rings. The fraction of sp³-hybridized carbons (Fsp3) is 0.778. The maximum atomic E-state index is 12.8. The Labute approximate surface area is 138 Å². The van der Waals surface area contributed by atoms with Crippen LogP contribution in [-0.4, -0.2) is 48.2 Å². The Balaban J connectivity index is 1.70. The molecule has 0 saturated carbocycles. The summed E-state index contributed by atoms with van der Waals surface area (Å²) in [4.78, 5) is 27.2. The molecular formula is C18H27NO4. The topological polar surface area (TPSA) is 55.8 Å². The van der Waals surface area contributed by atoms with Crippen LogP contribution in [0.1, 0.15) is 40.0 Å². The van der Waals surface area contributed by atoms with E-state index in [1.807, 2.05) is 17.1 Å². The van der Waals surface area contributed by atoms with Gasteiger partial charge in [-0.1, -0.05) is 45.8 Å². The van der Waals surface area contributed by atoms with Crippen LogP contribution in [0.15, 0.2) is 12.2 Å². The lowest BCUT2D eigenvalue weighted by Gasteiger charge is -2.23. The van der Waals surface area contributed by atoms with Crippen molar-refractivity contribution in [2.75, 3.05) is 19.7 Å². The van der Waals surface area contributed by atoms with Crippen molar-refractivity contribution in [1.29, 1.82) is 0 Å². The zero-order chi connectivity index (χ0) is 16.6. The minimum Gasteiger partial charge on any atom is -0.465 e. The molecule has 4 atom stereocenters. The van der Waals surface area contributed by atoms with Gasteiger partial charge in [-0.2, -0.15) is 0 Å². The van der Waals surface area contributed by atoms with Crippen molar-refractivity contribution in [3.63, 3.8) is 0 Å². The lowest BCUT2D eigenvalue weighted by molar-refractivity contribution is -0.154. The molecule has 3 aliphatic heterocycles. The highest BCUT2D eigenvalue weighted by Gasteiger charge is 2.67. The number of nitrogens with zero attached hydrogens (tertiary/aromatic N) is 1. The minimum absolute atomic E-state index is 0.0426. The van der Waals surface area contributed by atoms with Crippen LogP contribution in [0.3, 0.4) is 0 Å². The van der Waals surface area contributed by atoms with Crippen molar-refractivity contribution in [3.05, 3.63) is 12.2 Å². The third-order valence-corrected chi connectivity index (χ3v) is 5.03. The van der Waals surface area contributed by atoms with Gasteiger partial charge in [-0.3, -0.25) is 9.59 Å². The van der Waals surface area contributed by atoms with E-state index in [2.05, 4.69) is 20.8 Å². The lowest BCUT2D eigenvalue weighted by atomic mass is 9.77. The first-order chi connectivity index (χ1) is 11.0. The monoisotopic (exact) mass is 321 g/mol. The molecule has 5 heteroatoms. The van der Waals surface area contributed by atoms with Crippen molar-refractivity contribution in [1.82, 2.24) is 4.90 Å². The average Bonchev–Trinajstić information content (AvgIpc) is 3.12. The molecule has 23 heavy (non-hydrogen) atoms. The average molecular weight is 321 g/mol. The molecule has 128 valence electrons. The summed E-state index contributed by atoms with van der Waals surface area (Å²) in [7, 11) is 0. The van der Waals surface area contributed by atoms with Crippen LogP contribution in [0.25, 0.3) is 0 Å². The van der Waals surface area contributed by atoms with Crippen molar-refractivity contribution >= 4 is 11.9 Å². The molecule has 3 aliphatic rings. The molecule has 0 aliphatic carbocycles. The second kappa shape index (κ2) is 6.27. The van der Waals surface area contributed by atoms with Crippen LogP contribution in [0.4, 0.5) is 0 Å². The number of rotatable bonds is 7. The van der Waals surface area contributed by atoms with E-state index in [1.54, 1.807) is 0 Å². The Morgan fingerprint density at radius 3 is 2.96 bits per heavy atom. The first kappa shape index (κ1) is 16.5. The summed E-state index contributed by atoms with van der Waals surface area (Å²) >= 11 is 0. The van der Waals surface area contributed by atoms with Crippen LogP contribution < -0.4 is 0 Å². The molecule has 2 fully saturated rings. The Hall–Kier alpha value is -1.36. The predicted octanol–water partition coefficient (Wildman–Crippen LogP) is 2.16. The van der Waals surface area contributed by atoms with E-state index < -0.39 is 17.4 Å². The van der Waals surface area contributed by atoms with E-state index in [9.17, 15) is 9.59 Å². The second-order valence-corrected chi connectivity index (χ2v) is 7.39. The van der Waals surface area contributed by atoms with Gasteiger partial charge in [0.2, 0.25) is 5.91 Å². The van der Waals surface area contributed by atoms with E-state index in [0.717, 1.165) is 19.3 Å². The quantitative estimate of drug-likeness (QED) is 0.410. The Morgan fingerprint density at radius 2 is 2.26 bits per heavy atom. The van der Waals surface area contributed by atoms with E-state index >= 15 is 0 Å². The first-order valence-corrected chi connectivity index (χ1v) is 8.81. The predicted molar refractivity (Wildman–Crippen MR) is 85.6 cm³/mol. The number of fused-ring (bicyclic) bond motifs is 1. The maximum Gasteiger partial charge on any atom is 0.312 e. The van der Waals surface area contributed by atoms with Crippen molar-refractivity contribution in [2.24, 2.45) is 17.8 Å². The van der Waals surface area contributed by atoms with Gasteiger partial charge in [-0.05, 0) is 12.3 Å². The number of esters is 1. The molecule has 1 spiro atoms. The minimum atomic E-state index is -0.607. The molecule has 0 unspecified atom stereocenters. The summed E-state index contributed by atoms with van der Waals surface area (Å²) < 4.78 is 11.5. The third-order valence-electron chi connectivity index (χ3n) is 5.03. The van der Waals surface area contributed by atoms with Crippen molar-refractivity contribution < 1.29 is 19.1 Å². The molecule has 3 rings (SSSR count). The highest BCUT2D eigenvalue weighted by Crippen LogP contribution is 2.52. The van der Waals surface area contributed by atoms with E-state index in [-0.39, 0.29) is 18.0 Å². The Bertz CT molecular complexity index is 515. The van der Waals surface area contributed by atoms with Gasteiger partial charge in [0, 0.05) is 6.54 Å². The van der Waals surface area contributed by atoms with Crippen LogP contribution in [0.5, 0.6) is 0 Å². The molecule has 0 radical (unpaired) electrons. The number of ether oxygens (including phenoxy) is 2. The summed E-state index contributed by atoms with van der Waals surface area (Å²) in [5.41, 5.74) is -0.607. The van der Waals surface area contributed by atoms with E-state index in [4.69, 9.17) is 9.47 Å². The molecule has 3 heterocycles. The summed E-state index contributed by atoms with van der Waals surface area (Å²) in [6.07, 6.45) is 6.63.